The fraction of sp³-hybridized carbons (Fsp3) is 0.417. The summed E-state index contributed by atoms with van der Waals surface area (Å²) in [4.78, 5) is 25.5. The standard InChI is InChI=1S/C12H13F3N2O5/c13-12(14,15)7-22-9-3-1-2-8(17-9)11(20)16-4-5-21-6-10(18)19/h1-3H,4-7H2,(H,16,20)(H,18,19). The van der Waals surface area contributed by atoms with Gasteiger partial charge in [0.05, 0.1) is 6.61 Å². The van der Waals surface area contributed by atoms with Gasteiger partial charge in [0.2, 0.25) is 5.88 Å². The van der Waals surface area contributed by atoms with Crippen molar-refractivity contribution in [2.45, 2.75) is 6.18 Å². The van der Waals surface area contributed by atoms with Crippen molar-refractivity contribution in [3.8, 4) is 5.88 Å². The first kappa shape index (κ1) is 17.7. The summed E-state index contributed by atoms with van der Waals surface area (Å²) in [5.74, 6) is -2.11. The lowest BCUT2D eigenvalue weighted by molar-refractivity contribution is -0.154. The number of ether oxygens (including phenoxy) is 2. The van der Waals surface area contributed by atoms with Gasteiger partial charge < -0.3 is 19.9 Å². The average Bonchev–Trinajstić information content (AvgIpc) is 2.44. The number of pyridine rings is 1. The van der Waals surface area contributed by atoms with Crippen LogP contribution in [0.25, 0.3) is 0 Å². The van der Waals surface area contributed by atoms with Crippen LogP contribution in [0.3, 0.4) is 0 Å². The van der Waals surface area contributed by atoms with Crippen LogP contribution in [0.2, 0.25) is 0 Å². The monoisotopic (exact) mass is 322 g/mol. The third-order valence-corrected chi connectivity index (χ3v) is 2.10. The molecule has 0 atom stereocenters. The zero-order chi connectivity index (χ0) is 16.6. The van der Waals surface area contributed by atoms with Crippen LogP contribution in [0.15, 0.2) is 18.2 Å². The fourth-order valence-electron chi connectivity index (χ4n) is 1.26. The maximum Gasteiger partial charge on any atom is 0.422 e. The van der Waals surface area contributed by atoms with Crippen LogP contribution < -0.4 is 10.1 Å². The van der Waals surface area contributed by atoms with E-state index < -0.39 is 31.3 Å². The van der Waals surface area contributed by atoms with Crippen molar-refractivity contribution in [1.29, 1.82) is 0 Å². The molecule has 0 bridgehead atoms. The van der Waals surface area contributed by atoms with E-state index in [4.69, 9.17) is 9.84 Å². The number of carboxylic acid groups (broad SMARTS) is 1. The second-order valence-electron chi connectivity index (χ2n) is 3.97. The van der Waals surface area contributed by atoms with Crippen LogP contribution in [0.4, 0.5) is 13.2 Å². The highest BCUT2D eigenvalue weighted by atomic mass is 19.4. The molecule has 0 saturated heterocycles. The predicted octanol–water partition coefficient (Wildman–Crippen LogP) is 0.854. The Labute approximate surface area is 123 Å². The molecule has 0 aliphatic heterocycles. The van der Waals surface area contributed by atoms with Gasteiger partial charge in [0.15, 0.2) is 6.61 Å². The first-order valence-electron chi connectivity index (χ1n) is 6.02. The van der Waals surface area contributed by atoms with Crippen molar-refractivity contribution < 1.29 is 37.3 Å². The van der Waals surface area contributed by atoms with Crippen molar-refractivity contribution in [2.75, 3.05) is 26.4 Å². The quantitative estimate of drug-likeness (QED) is 0.689. The zero-order valence-electron chi connectivity index (χ0n) is 11.2. The molecule has 0 aromatic carbocycles. The molecule has 0 fully saturated rings. The molecule has 0 unspecified atom stereocenters. The summed E-state index contributed by atoms with van der Waals surface area (Å²) in [6, 6.07) is 3.82. The Hall–Kier alpha value is -2.36. The predicted molar refractivity (Wildman–Crippen MR) is 66.6 cm³/mol. The van der Waals surface area contributed by atoms with E-state index in [9.17, 15) is 22.8 Å². The number of carboxylic acids is 1. The van der Waals surface area contributed by atoms with Crippen LogP contribution >= 0.6 is 0 Å². The number of aromatic nitrogens is 1. The Kier molecular flexibility index (Phi) is 6.57. The van der Waals surface area contributed by atoms with E-state index in [0.29, 0.717) is 0 Å². The number of rotatable bonds is 8. The molecule has 1 heterocycles. The third kappa shape index (κ3) is 7.43. The van der Waals surface area contributed by atoms with Gasteiger partial charge in [0.25, 0.3) is 5.91 Å². The highest BCUT2D eigenvalue weighted by molar-refractivity contribution is 5.92. The van der Waals surface area contributed by atoms with Gasteiger partial charge in [-0.25, -0.2) is 9.78 Å². The lowest BCUT2D eigenvalue weighted by Gasteiger charge is -2.09. The lowest BCUT2D eigenvalue weighted by atomic mass is 10.3. The van der Waals surface area contributed by atoms with Crippen LogP contribution in [0.5, 0.6) is 5.88 Å². The molecule has 2 N–H and O–H groups in total. The van der Waals surface area contributed by atoms with Crippen LogP contribution in [0, 0.1) is 0 Å². The lowest BCUT2D eigenvalue weighted by Crippen LogP contribution is -2.28. The van der Waals surface area contributed by atoms with E-state index in [1.165, 1.54) is 18.2 Å². The molecule has 0 aliphatic rings. The van der Waals surface area contributed by atoms with Gasteiger partial charge in [-0.15, -0.1) is 0 Å². The zero-order valence-corrected chi connectivity index (χ0v) is 11.2. The summed E-state index contributed by atoms with van der Waals surface area (Å²) in [6.07, 6.45) is -4.50. The Bertz CT molecular complexity index is 522. The first-order valence-corrected chi connectivity index (χ1v) is 6.02. The second kappa shape index (κ2) is 8.17. The maximum absolute atomic E-state index is 12.0. The molecule has 0 radical (unpaired) electrons. The van der Waals surface area contributed by atoms with Gasteiger partial charge in [-0.1, -0.05) is 6.07 Å². The van der Waals surface area contributed by atoms with Crippen molar-refractivity contribution in [1.82, 2.24) is 10.3 Å². The minimum absolute atomic E-state index is 0.0255. The van der Waals surface area contributed by atoms with E-state index in [1.807, 2.05) is 0 Å². The van der Waals surface area contributed by atoms with E-state index >= 15 is 0 Å². The minimum Gasteiger partial charge on any atom is -0.480 e. The number of carbonyl (C=O) groups excluding carboxylic acids is 1. The summed E-state index contributed by atoms with van der Waals surface area (Å²) in [5.41, 5.74) is -0.127. The average molecular weight is 322 g/mol. The Morgan fingerprint density at radius 1 is 1.32 bits per heavy atom. The fourth-order valence-corrected chi connectivity index (χ4v) is 1.26. The van der Waals surface area contributed by atoms with Crippen molar-refractivity contribution in [2.24, 2.45) is 0 Å². The molecular formula is C12H13F3N2O5. The molecule has 0 aliphatic carbocycles. The smallest absolute Gasteiger partial charge is 0.422 e. The molecular weight excluding hydrogens is 309 g/mol. The third-order valence-electron chi connectivity index (χ3n) is 2.10. The number of nitrogens with zero attached hydrogens (tertiary/aromatic N) is 1. The van der Waals surface area contributed by atoms with Crippen LogP contribution in [-0.4, -0.2) is 54.5 Å². The summed E-state index contributed by atoms with van der Waals surface area (Å²) < 4.78 is 45.1. The Balaban J connectivity index is 2.43. The molecule has 1 amide bonds. The van der Waals surface area contributed by atoms with Crippen molar-refractivity contribution >= 4 is 11.9 Å². The minimum atomic E-state index is -4.50. The normalized spacial score (nSPS) is 11.0. The van der Waals surface area contributed by atoms with E-state index in [1.54, 1.807) is 0 Å². The van der Waals surface area contributed by atoms with E-state index in [2.05, 4.69) is 15.0 Å². The molecule has 10 heteroatoms. The molecule has 22 heavy (non-hydrogen) atoms. The van der Waals surface area contributed by atoms with Gasteiger partial charge in [0, 0.05) is 12.6 Å². The number of amides is 1. The second-order valence-corrected chi connectivity index (χ2v) is 3.97. The summed E-state index contributed by atoms with van der Waals surface area (Å²) in [5, 5.41) is 10.7. The molecule has 1 aromatic heterocycles. The van der Waals surface area contributed by atoms with Gasteiger partial charge >= 0.3 is 12.1 Å². The summed E-state index contributed by atoms with van der Waals surface area (Å²) >= 11 is 0. The maximum atomic E-state index is 12.0. The van der Waals surface area contributed by atoms with E-state index in [-0.39, 0.29) is 24.7 Å². The highest BCUT2D eigenvalue weighted by Gasteiger charge is 2.28. The molecule has 0 saturated carbocycles. The number of nitrogens with one attached hydrogen (secondary N) is 1. The number of alkyl halides is 3. The molecule has 0 spiro atoms. The van der Waals surface area contributed by atoms with E-state index in [0.717, 1.165) is 0 Å². The van der Waals surface area contributed by atoms with Crippen molar-refractivity contribution in [3.05, 3.63) is 23.9 Å². The summed E-state index contributed by atoms with van der Waals surface area (Å²) in [6.45, 7) is -1.99. The van der Waals surface area contributed by atoms with Gasteiger partial charge in [-0.2, -0.15) is 13.2 Å². The molecule has 1 rings (SSSR count). The molecule has 7 nitrogen and oxygen atoms in total. The number of aliphatic carboxylic acids is 1. The largest absolute Gasteiger partial charge is 0.480 e. The van der Waals surface area contributed by atoms with Gasteiger partial charge in [-0.3, -0.25) is 4.79 Å². The highest BCUT2D eigenvalue weighted by Crippen LogP contribution is 2.17. The number of carbonyl (C=O) groups is 2. The molecule has 1 aromatic rings. The first-order chi connectivity index (χ1) is 10.3. The molecule has 122 valence electrons. The SMILES string of the molecule is O=C(O)COCCNC(=O)c1cccc(OCC(F)(F)F)n1. The Morgan fingerprint density at radius 2 is 2.05 bits per heavy atom. The number of halogens is 3. The van der Waals surface area contributed by atoms with Gasteiger partial charge in [0.1, 0.15) is 12.3 Å². The Morgan fingerprint density at radius 3 is 2.68 bits per heavy atom. The number of hydrogen-bond donors (Lipinski definition) is 2. The van der Waals surface area contributed by atoms with Crippen LogP contribution in [0.1, 0.15) is 10.5 Å². The van der Waals surface area contributed by atoms with Gasteiger partial charge in [-0.05, 0) is 6.07 Å². The topological polar surface area (TPSA) is 97.8 Å². The van der Waals surface area contributed by atoms with Crippen molar-refractivity contribution in [3.63, 3.8) is 0 Å². The summed E-state index contributed by atoms with van der Waals surface area (Å²) in [7, 11) is 0. The number of hydrogen-bond acceptors (Lipinski definition) is 5. The van der Waals surface area contributed by atoms with Crippen LogP contribution in [-0.2, 0) is 9.53 Å².